The van der Waals surface area contributed by atoms with Gasteiger partial charge in [-0.25, -0.2) is 0 Å². The van der Waals surface area contributed by atoms with E-state index in [1.54, 1.807) is 0 Å². The monoisotopic (exact) mass is 204 g/mol. The highest BCUT2D eigenvalue weighted by atomic mass is 16.6. The van der Waals surface area contributed by atoms with Gasteiger partial charge in [-0.3, -0.25) is 20.2 Å². The van der Waals surface area contributed by atoms with Crippen LogP contribution in [0.4, 0.5) is 0 Å². The van der Waals surface area contributed by atoms with E-state index in [0.29, 0.717) is 12.8 Å². The van der Waals surface area contributed by atoms with Gasteiger partial charge in [0.15, 0.2) is 0 Å². The molecule has 0 aromatic carbocycles. The number of rotatable bonds is 9. The number of hydrogen-bond donors (Lipinski definition) is 0. The van der Waals surface area contributed by atoms with E-state index in [2.05, 4.69) is 0 Å². The van der Waals surface area contributed by atoms with Gasteiger partial charge in [0, 0.05) is 22.7 Å². The normalized spacial score (nSPS) is 10.0. The summed E-state index contributed by atoms with van der Waals surface area (Å²) in [6.45, 7) is 0.0732. The summed E-state index contributed by atoms with van der Waals surface area (Å²) in [6.07, 6.45) is 4.79. The number of hydrogen-bond acceptors (Lipinski definition) is 4. The van der Waals surface area contributed by atoms with Crippen molar-refractivity contribution in [1.29, 1.82) is 0 Å². The van der Waals surface area contributed by atoms with Crippen molar-refractivity contribution in [3.63, 3.8) is 0 Å². The highest BCUT2D eigenvalue weighted by molar-refractivity contribution is 4.44. The fraction of sp³-hybridized carbons (Fsp3) is 1.00. The SMILES string of the molecule is O=[N+]([O-])CCCCCCCC[N+](=O)[O-]. The van der Waals surface area contributed by atoms with Crippen LogP contribution in [0.2, 0.25) is 0 Å². The van der Waals surface area contributed by atoms with Gasteiger partial charge in [0.1, 0.15) is 0 Å². The van der Waals surface area contributed by atoms with E-state index in [9.17, 15) is 20.2 Å². The Hall–Kier alpha value is -1.20. The molecular weight excluding hydrogens is 188 g/mol. The Bertz CT molecular complexity index is 164. The Balaban J connectivity index is 2.99. The average molecular weight is 204 g/mol. The fourth-order valence-electron chi connectivity index (χ4n) is 1.19. The highest BCUT2D eigenvalue weighted by Crippen LogP contribution is 2.05. The quantitative estimate of drug-likeness (QED) is 0.326. The molecule has 0 aromatic rings. The molecule has 0 radical (unpaired) electrons. The molecule has 14 heavy (non-hydrogen) atoms. The molecule has 0 saturated carbocycles. The standard InChI is InChI=1S/C8H16N2O4/c11-9(12)7-5-3-1-2-4-6-8-10(13)14/h1-8H2. The van der Waals surface area contributed by atoms with Crippen molar-refractivity contribution >= 4 is 0 Å². The molecular formula is C8H16N2O4. The van der Waals surface area contributed by atoms with Gasteiger partial charge in [0.25, 0.3) is 0 Å². The second-order valence-corrected chi connectivity index (χ2v) is 3.23. The van der Waals surface area contributed by atoms with Gasteiger partial charge in [-0.15, -0.1) is 0 Å². The molecule has 0 N–H and O–H groups in total. The Labute approximate surface area is 82.6 Å². The molecule has 6 nitrogen and oxygen atoms in total. The molecule has 82 valence electrons. The zero-order valence-corrected chi connectivity index (χ0v) is 8.18. The molecule has 6 heteroatoms. The van der Waals surface area contributed by atoms with Gasteiger partial charge >= 0.3 is 0 Å². The van der Waals surface area contributed by atoms with Crippen molar-refractivity contribution in [3.05, 3.63) is 20.2 Å². The van der Waals surface area contributed by atoms with Crippen LogP contribution in [0.25, 0.3) is 0 Å². The maximum Gasteiger partial charge on any atom is 0.203 e. The fourth-order valence-corrected chi connectivity index (χ4v) is 1.19. The zero-order chi connectivity index (χ0) is 10.8. The molecule has 0 aromatic heterocycles. The first-order valence-corrected chi connectivity index (χ1v) is 4.86. The van der Waals surface area contributed by atoms with Crippen LogP contribution in [0.3, 0.4) is 0 Å². The van der Waals surface area contributed by atoms with E-state index < -0.39 is 0 Å². The lowest BCUT2D eigenvalue weighted by Gasteiger charge is -1.97. The lowest BCUT2D eigenvalue weighted by molar-refractivity contribution is -0.480. The summed E-state index contributed by atoms with van der Waals surface area (Å²) in [5.74, 6) is 0. The predicted octanol–water partition coefficient (Wildman–Crippen LogP) is 1.88. The van der Waals surface area contributed by atoms with E-state index in [-0.39, 0.29) is 22.9 Å². The summed E-state index contributed by atoms with van der Waals surface area (Å²) >= 11 is 0. The van der Waals surface area contributed by atoms with E-state index in [1.165, 1.54) is 0 Å². The lowest BCUT2D eigenvalue weighted by atomic mass is 10.1. The first-order chi connectivity index (χ1) is 6.63. The van der Waals surface area contributed by atoms with E-state index >= 15 is 0 Å². The second kappa shape index (κ2) is 8.40. The molecule has 0 unspecified atom stereocenters. The topological polar surface area (TPSA) is 86.3 Å². The van der Waals surface area contributed by atoms with Gasteiger partial charge < -0.3 is 0 Å². The maximum absolute atomic E-state index is 9.94. The zero-order valence-electron chi connectivity index (χ0n) is 8.18. The van der Waals surface area contributed by atoms with E-state index in [0.717, 1.165) is 25.7 Å². The van der Waals surface area contributed by atoms with Crippen LogP contribution < -0.4 is 0 Å². The smallest absolute Gasteiger partial charge is 0.203 e. The average Bonchev–Trinajstić information content (AvgIpc) is 2.08. The first kappa shape index (κ1) is 12.8. The molecule has 0 bridgehead atoms. The number of nitrogens with zero attached hydrogens (tertiary/aromatic N) is 2. The maximum atomic E-state index is 9.94. The Morgan fingerprint density at radius 2 is 0.929 bits per heavy atom. The van der Waals surface area contributed by atoms with E-state index in [1.807, 2.05) is 0 Å². The minimum Gasteiger partial charge on any atom is -0.265 e. The summed E-state index contributed by atoms with van der Waals surface area (Å²) in [7, 11) is 0. The Morgan fingerprint density at radius 3 is 1.21 bits per heavy atom. The summed E-state index contributed by atoms with van der Waals surface area (Å²) in [5.41, 5.74) is 0. The van der Waals surface area contributed by atoms with Crippen molar-refractivity contribution < 1.29 is 9.85 Å². The molecule has 0 amide bonds. The minimum absolute atomic E-state index is 0.0366. The molecule has 0 saturated heterocycles. The van der Waals surface area contributed by atoms with Crippen LogP contribution in [-0.4, -0.2) is 22.9 Å². The highest BCUT2D eigenvalue weighted by Gasteiger charge is 1.98. The van der Waals surface area contributed by atoms with Crippen molar-refractivity contribution in [3.8, 4) is 0 Å². The molecule has 0 aliphatic rings. The van der Waals surface area contributed by atoms with Gasteiger partial charge in [-0.05, 0) is 12.8 Å². The third-order valence-electron chi connectivity index (χ3n) is 1.93. The van der Waals surface area contributed by atoms with Gasteiger partial charge in [0.2, 0.25) is 13.1 Å². The van der Waals surface area contributed by atoms with E-state index in [4.69, 9.17) is 0 Å². The largest absolute Gasteiger partial charge is 0.265 e. The summed E-state index contributed by atoms with van der Waals surface area (Å²) in [5, 5.41) is 19.9. The minimum atomic E-state index is -0.313. The van der Waals surface area contributed by atoms with Crippen LogP contribution in [0, 0.1) is 20.2 Å². The first-order valence-electron chi connectivity index (χ1n) is 4.86. The molecule has 0 atom stereocenters. The lowest BCUT2D eigenvalue weighted by Crippen LogP contribution is -2.01. The van der Waals surface area contributed by atoms with Gasteiger partial charge in [-0.1, -0.05) is 12.8 Å². The number of unbranched alkanes of at least 4 members (excludes halogenated alkanes) is 5. The molecule has 0 aliphatic carbocycles. The van der Waals surface area contributed by atoms with Crippen LogP contribution in [0.15, 0.2) is 0 Å². The summed E-state index contributed by atoms with van der Waals surface area (Å²) in [6, 6.07) is 0. The Morgan fingerprint density at radius 1 is 0.643 bits per heavy atom. The third-order valence-corrected chi connectivity index (χ3v) is 1.93. The summed E-state index contributed by atoms with van der Waals surface area (Å²) < 4.78 is 0. The molecule has 0 rings (SSSR count). The molecule has 0 spiro atoms. The van der Waals surface area contributed by atoms with Crippen LogP contribution in [0.5, 0.6) is 0 Å². The van der Waals surface area contributed by atoms with Crippen molar-refractivity contribution in [2.75, 3.05) is 13.1 Å². The van der Waals surface area contributed by atoms with Crippen molar-refractivity contribution in [2.24, 2.45) is 0 Å². The van der Waals surface area contributed by atoms with Crippen molar-refractivity contribution in [2.45, 2.75) is 38.5 Å². The summed E-state index contributed by atoms with van der Waals surface area (Å²) in [4.78, 5) is 19.3. The number of nitro groups is 2. The Kier molecular flexibility index (Phi) is 7.68. The van der Waals surface area contributed by atoms with Crippen LogP contribution >= 0.6 is 0 Å². The second-order valence-electron chi connectivity index (χ2n) is 3.23. The molecule has 0 heterocycles. The van der Waals surface area contributed by atoms with Crippen molar-refractivity contribution in [1.82, 2.24) is 0 Å². The third kappa shape index (κ3) is 10.8. The predicted molar refractivity (Wildman–Crippen MR) is 51.4 cm³/mol. The molecule has 0 fully saturated rings. The molecule has 0 aliphatic heterocycles. The van der Waals surface area contributed by atoms with Crippen LogP contribution in [-0.2, 0) is 0 Å². The van der Waals surface area contributed by atoms with Gasteiger partial charge in [0.05, 0.1) is 0 Å². The van der Waals surface area contributed by atoms with Crippen LogP contribution in [0.1, 0.15) is 38.5 Å². The van der Waals surface area contributed by atoms with Gasteiger partial charge in [-0.2, -0.15) is 0 Å².